The summed E-state index contributed by atoms with van der Waals surface area (Å²) in [7, 11) is 0. The summed E-state index contributed by atoms with van der Waals surface area (Å²) < 4.78 is 1.53. The second kappa shape index (κ2) is 8.60. The summed E-state index contributed by atoms with van der Waals surface area (Å²) in [6.45, 7) is 4.40. The van der Waals surface area contributed by atoms with Crippen LogP contribution in [0.5, 0.6) is 0 Å². The summed E-state index contributed by atoms with van der Waals surface area (Å²) in [5.41, 5.74) is 0.606. The van der Waals surface area contributed by atoms with E-state index in [1.165, 1.54) is 16.3 Å². The van der Waals surface area contributed by atoms with Crippen molar-refractivity contribution in [1.82, 2.24) is 20.1 Å². The molecule has 2 aromatic rings. The maximum Gasteiger partial charge on any atom is 0.343 e. The first kappa shape index (κ1) is 18.9. The molecule has 0 aliphatic rings. The molecule has 0 bridgehead atoms. The molecule has 0 radical (unpaired) electrons. The minimum Gasteiger partial charge on any atom is -0.349 e. The normalized spacial score (nSPS) is 12.2. The Morgan fingerprint density at radius 1 is 1.42 bits per heavy atom. The van der Waals surface area contributed by atoms with E-state index in [1.54, 1.807) is 12.1 Å². The fourth-order valence-corrected chi connectivity index (χ4v) is 3.20. The Kier molecular flexibility index (Phi) is 6.77. The summed E-state index contributed by atoms with van der Waals surface area (Å²) in [6.07, 6.45) is 0.813. The molecule has 0 saturated heterocycles. The van der Waals surface area contributed by atoms with Crippen molar-refractivity contribution in [2.24, 2.45) is 0 Å². The van der Waals surface area contributed by atoms with E-state index in [4.69, 9.17) is 23.2 Å². The van der Waals surface area contributed by atoms with Gasteiger partial charge in [0.2, 0.25) is 5.91 Å². The third-order valence-electron chi connectivity index (χ3n) is 3.32. The van der Waals surface area contributed by atoms with Gasteiger partial charge in [-0.15, -0.1) is 5.10 Å². The van der Waals surface area contributed by atoms with Crippen molar-refractivity contribution < 1.29 is 4.79 Å². The van der Waals surface area contributed by atoms with Crippen molar-refractivity contribution in [3.63, 3.8) is 0 Å². The number of H-pyrrole nitrogens is 1. The van der Waals surface area contributed by atoms with Gasteiger partial charge in [0.15, 0.2) is 5.16 Å². The molecule has 0 aliphatic carbocycles. The molecule has 6 nitrogen and oxygen atoms in total. The van der Waals surface area contributed by atoms with Gasteiger partial charge in [-0.2, -0.15) is 0 Å². The molecule has 24 heavy (non-hydrogen) atoms. The highest BCUT2D eigenvalue weighted by Crippen LogP contribution is 2.25. The average molecular weight is 389 g/mol. The van der Waals surface area contributed by atoms with Crippen molar-refractivity contribution >= 4 is 40.9 Å². The molecule has 130 valence electrons. The Balaban J connectivity index is 1.93. The number of thioether (sulfide) groups is 1. The number of hydrogen-bond donors (Lipinski definition) is 2. The summed E-state index contributed by atoms with van der Waals surface area (Å²) >= 11 is 13.1. The molecule has 0 spiro atoms. The van der Waals surface area contributed by atoms with E-state index in [1.807, 2.05) is 19.9 Å². The molecule has 0 fully saturated rings. The third-order valence-corrected chi connectivity index (χ3v) is 5.04. The molecule has 2 N–H and O–H groups in total. The van der Waals surface area contributed by atoms with Crippen LogP contribution >= 0.6 is 35.0 Å². The largest absolute Gasteiger partial charge is 0.349 e. The Labute approximate surface area is 153 Å². The Morgan fingerprint density at radius 3 is 2.83 bits per heavy atom. The van der Waals surface area contributed by atoms with Crippen molar-refractivity contribution in [3.05, 3.63) is 44.3 Å². The van der Waals surface area contributed by atoms with E-state index < -0.39 is 0 Å². The lowest BCUT2D eigenvalue weighted by molar-refractivity contribution is -0.119. The highest BCUT2D eigenvalue weighted by Gasteiger charge is 2.14. The average Bonchev–Trinajstić information content (AvgIpc) is 2.89. The number of nitrogens with zero attached hydrogens (tertiary/aromatic N) is 2. The summed E-state index contributed by atoms with van der Waals surface area (Å²) in [6, 6.07) is 5.04. The second-order valence-electron chi connectivity index (χ2n) is 5.21. The number of aromatic amines is 1. The predicted molar refractivity (Wildman–Crippen MR) is 96.9 cm³/mol. The predicted octanol–water partition coefficient (Wildman–Crippen LogP) is 3.26. The van der Waals surface area contributed by atoms with Gasteiger partial charge in [0, 0.05) is 6.54 Å². The molecule has 0 unspecified atom stereocenters. The number of benzene rings is 1. The SMILES string of the molecule is CCCn1c(SCC(=O)N[C@H](C)c2ccc(Cl)c(Cl)c2)n[nH]c1=O. The quantitative estimate of drug-likeness (QED) is 0.713. The molecule has 0 saturated carbocycles. The van der Waals surface area contributed by atoms with E-state index in [-0.39, 0.29) is 23.4 Å². The van der Waals surface area contributed by atoms with Gasteiger partial charge in [-0.3, -0.25) is 9.36 Å². The molecule has 1 amide bonds. The molecule has 0 aliphatic heterocycles. The maximum atomic E-state index is 12.1. The van der Waals surface area contributed by atoms with Gasteiger partial charge in [0.25, 0.3) is 0 Å². The first-order valence-electron chi connectivity index (χ1n) is 7.44. The van der Waals surface area contributed by atoms with E-state index in [9.17, 15) is 9.59 Å². The van der Waals surface area contributed by atoms with Crippen LogP contribution in [0.15, 0.2) is 28.2 Å². The molecule has 1 aromatic carbocycles. The molecule has 1 aromatic heterocycles. The molecular formula is C15H18Cl2N4O2S. The zero-order valence-corrected chi connectivity index (χ0v) is 15.6. The smallest absolute Gasteiger partial charge is 0.343 e. The first-order chi connectivity index (χ1) is 11.4. The Morgan fingerprint density at radius 2 is 2.17 bits per heavy atom. The van der Waals surface area contributed by atoms with Crippen molar-refractivity contribution in [1.29, 1.82) is 0 Å². The van der Waals surface area contributed by atoms with Crippen LogP contribution in [-0.2, 0) is 11.3 Å². The Hall–Kier alpha value is -1.44. The highest BCUT2D eigenvalue weighted by atomic mass is 35.5. The van der Waals surface area contributed by atoms with Crippen molar-refractivity contribution in [2.75, 3.05) is 5.75 Å². The molecule has 2 rings (SSSR count). The minimum atomic E-state index is -0.260. The fourth-order valence-electron chi connectivity index (χ4n) is 2.11. The second-order valence-corrected chi connectivity index (χ2v) is 6.97. The van der Waals surface area contributed by atoms with Crippen LogP contribution in [0.1, 0.15) is 31.9 Å². The highest BCUT2D eigenvalue weighted by molar-refractivity contribution is 7.99. The molecule has 9 heteroatoms. The number of carbonyl (C=O) groups excluding carboxylic acids is 1. The summed E-state index contributed by atoms with van der Waals surface area (Å²) in [4.78, 5) is 23.7. The lowest BCUT2D eigenvalue weighted by Gasteiger charge is -2.15. The van der Waals surface area contributed by atoms with Gasteiger partial charge in [-0.25, -0.2) is 9.89 Å². The maximum absolute atomic E-state index is 12.1. The van der Waals surface area contributed by atoms with Crippen molar-refractivity contribution in [2.45, 2.75) is 38.0 Å². The van der Waals surface area contributed by atoms with E-state index in [2.05, 4.69) is 15.5 Å². The summed E-state index contributed by atoms with van der Waals surface area (Å²) in [5.74, 6) is 0.0108. The van der Waals surface area contributed by atoms with E-state index >= 15 is 0 Å². The van der Waals surface area contributed by atoms with Crippen LogP contribution in [0.25, 0.3) is 0 Å². The van der Waals surface area contributed by atoms with Crippen LogP contribution in [0.3, 0.4) is 0 Å². The summed E-state index contributed by atoms with van der Waals surface area (Å²) in [5, 5.41) is 10.7. The number of aromatic nitrogens is 3. The number of amides is 1. The van der Waals surface area contributed by atoms with Crippen molar-refractivity contribution in [3.8, 4) is 0 Å². The minimum absolute atomic E-state index is 0.155. The lowest BCUT2D eigenvalue weighted by atomic mass is 10.1. The molecular weight excluding hydrogens is 371 g/mol. The van der Waals surface area contributed by atoms with Gasteiger partial charge in [0.05, 0.1) is 21.8 Å². The van der Waals surface area contributed by atoms with Gasteiger partial charge in [-0.05, 0) is 31.0 Å². The lowest BCUT2D eigenvalue weighted by Crippen LogP contribution is -2.28. The zero-order chi connectivity index (χ0) is 17.7. The Bertz CT molecular complexity index is 775. The fraction of sp³-hybridized carbons (Fsp3) is 0.400. The van der Waals surface area contributed by atoms with E-state index in [0.717, 1.165) is 12.0 Å². The first-order valence-corrected chi connectivity index (χ1v) is 9.18. The number of hydrogen-bond acceptors (Lipinski definition) is 4. The van der Waals surface area contributed by atoms with Gasteiger partial charge >= 0.3 is 5.69 Å². The standard InChI is InChI=1S/C15H18Cl2N4O2S/c1-3-6-21-14(23)19-20-15(21)24-8-13(22)18-9(2)10-4-5-11(16)12(17)7-10/h4-5,7,9H,3,6,8H2,1-2H3,(H,18,22)(H,19,23)/t9-/m1/s1. The van der Waals surface area contributed by atoms with Gasteiger partial charge in [-0.1, -0.05) is 48.0 Å². The number of nitrogens with one attached hydrogen (secondary N) is 2. The van der Waals surface area contributed by atoms with Crippen LogP contribution in [0.2, 0.25) is 10.0 Å². The van der Waals surface area contributed by atoms with Crippen LogP contribution in [-0.4, -0.2) is 26.4 Å². The van der Waals surface area contributed by atoms with Gasteiger partial charge in [0.1, 0.15) is 0 Å². The topological polar surface area (TPSA) is 79.8 Å². The zero-order valence-electron chi connectivity index (χ0n) is 13.3. The van der Waals surface area contributed by atoms with E-state index in [0.29, 0.717) is 21.7 Å². The third kappa shape index (κ3) is 4.78. The van der Waals surface area contributed by atoms with Gasteiger partial charge < -0.3 is 5.32 Å². The monoisotopic (exact) mass is 388 g/mol. The van der Waals surface area contributed by atoms with Crippen LogP contribution in [0, 0.1) is 0 Å². The molecule has 1 heterocycles. The molecule has 1 atom stereocenters. The van der Waals surface area contributed by atoms with Crippen LogP contribution in [0.4, 0.5) is 0 Å². The van der Waals surface area contributed by atoms with Crippen LogP contribution < -0.4 is 11.0 Å². The number of halogens is 2. The number of carbonyl (C=O) groups is 1. The number of rotatable bonds is 7.